The summed E-state index contributed by atoms with van der Waals surface area (Å²) < 4.78 is 7.85. The van der Waals surface area contributed by atoms with Crippen LogP contribution in [0.5, 0.6) is 5.75 Å². The summed E-state index contributed by atoms with van der Waals surface area (Å²) in [5.41, 5.74) is 1.98. The normalized spacial score (nSPS) is 13.1. The number of hydrogen-bond donors (Lipinski definition) is 0. The number of alkyl halides is 1. The van der Waals surface area contributed by atoms with Gasteiger partial charge in [0.2, 0.25) is 0 Å². The standard InChI is InChI=1S/C15H22ClN3O/c1-5-20-13-8-6-7-12-14(13)17-15(11(2)16)19(12)10-9-18(3)4/h6-8,11H,5,9-10H2,1-4H3. The average Bonchev–Trinajstić information content (AvgIpc) is 2.76. The van der Waals surface area contributed by atoms with E-state index in [4.69, 9.17) is 21.3 Å². The van der Waals surface area contributed by atoms with Gasteiger partial charge in [0, 0.05) is 13.1 Å². The molecule has 0 saturated carbocycles. The third-order valence-corrected chi connectivity index (χ3v) is 3.39. The summed E-state index contributed by atoms with van der Waals surface area (Å²) in [7, 11) is 4.13. The van der Waals surface area contributed by atoms with Gasteiger partial charge in [0.1, 0.15) is 17.1 Å². The number of halogens is 1. The second-order valence-corrected chi connectivity index (χ2v) is 5.75. The van der Waals surface area contributed by atoms with Gasteiger partial charge in [-0.2, -0.15) is 0 Å². The predicted octanol–water partition coefficient (Wildman–Crippen LogP) is 3.30. The Morgan fingerprint density at radius 3 is 2.75 bits per heavy atom. The van der Waals surface area contributed by atoms with Crippen LogP contribution < -0.4 is 4.74 Å². The fourth-order valence-corrected chi connectivity index (χ4v) is 2.42. The Hall–Kier alpha value is -1.26. The van der Waals surface area contributed by atoms with E-state index in [-0.39, 0.29) is 5.38 Å². The Bertz CT molecular complexity index is 578. The molecule has 1 heterocycles. The molecule has 0 aliphatic heterocycles. The Morgan fingerprint density at radius 1 is 1.40 bits per heavy atom. The van der Waals surface area contributed by atoms with E-state index in [1.807, 2.05) is 26.0 Å². The fourth-order valence-electron chi connectivity index (χ4n) is 2.25. The van der Waals surface area contributed by atoms with E-state index in [9.17, 15) is 0 Å². The van der Waals surface area contributed by atoms with Crippen LogP contribution in [0.25, 0.3) is 11.0 Å². The lowest BCUT2D eigenvalue weighted by Crippen LogP contribution is -2.19. The molecule has 0 bridgehead atoms. The first-order chi connectivity index (χ1) is 9.54. The summed E-state index contributed by atoms with van der Waals surface area (Å²) in [6.07, 6.45) is 0. The zero-order chi connectivity index (χ0) is 14.7. The smallest absolute Gasteiger partial charge is 0.147 e. The van der Waals surface area contributed by atoms with E-state index in [1.165, 1.54) is 0 Å². The van der Waals surface area contributed by atoms with Crippen LogP contribution in [0.15, 0.2) is 18.2 Å². The molecule has 0 aliphatic rings. The van der Waals surface area contributed by atoms with Gasteiger partial charge in [0.15, 0.2) is 0 Å². The van der Waals surface area contributed by atoms with Crippen LogP contribution in [0.1, 0.15) is 25.0 Å². The van der Waals surface area contributed by atoms with E-state index in [0.717, 1.165) is 35.7 Å². The van der Waals surface area contributed by atoms with Gasteiger partial charge in [0.25, 0.3) is 0 Å². The molecule has 1 aromatic carbocycles. The number of rotatable bonds is 6. The lowest BCUT2D eigenvalue weighted by molar-refractivity contribution is 0.343. The minimum atomic E-state index is -0.126. The van der Waals surface area contributed by atoms with Crippen LogP contribution in [0, 0.1) is 0 Å². The van der Waals surface area contributed by atoms with Gasteiger partial charge in [-0.25, -0.2) is 4.98 Å². The van der Waals surface area contributed by atoms with Crippen LogP contribution in [-0.2, 0) is 6.54 Å². The van der Waals surface area contributed by atoms with Crippen molar-refractivity contribution in [1.82, 2.24) is 14.5 Å². The van der Waals surface area contributed by atoms with Crippen molar-refractivity contribution >= 4 is 22.6 Å². The molecule has 0 aliphatic carbocycles. The summed E-state index contributed by atoms with van der Waals surface area (Å²) in [5.74, 6) is 1.72. The highest BCUT2D eigenvalue weighted by molar-refractivity contribution is 6.20. The van der Waals surface area contributed by atoms with Crippen molar-refractivity contribution in [3.05, 3.63) is 24.0 Å². The van der Waals surface area contributed by atoms with Gasteiger partial charge >= 0.3 is 0 Å². The number of benzene rings is 1. The van der Waals surface area contributed by atoms with Gasteiger partial charge < -0.3 is 14.2 Å². The topological polar surface area (TPSA) is 30.3 Å². The molecule has 110 valence electrons. The number of likely N-dealkylation sites (N-methyl/N-ethyl adjacent to an activating group) is 1. The van der Waals surface area contributed by atoms with Crippen molar-refractivity contribution in [2.24, 2.45) is 0 Å². The number of para-hydroxylation sites is 1. The third kappa shape index (κ3) is 3.07. The van der Waals surface area contributed by atoms with E-state index in [1.54, 1.807) is 0 Å². The van der Waals surface area contributed by atoms with Gasteiger partial charge in [-0.15, -0.1) is 11.6 Å². The largest absolute Gasteiger partial charge is 0.492 e. The number of hydrogen-bond acceptors (Lipinski definition) is 3. The number of imidazole rings is 1. The second-order valence-electron chi connectivity index (χ2n) is 5.10. The maximum Gasteiger partial charge on any atom is 0.147 e. The van der Waals surface area contributed by atoms with Gasteiger partial charge in [-0.3, -0.25) is 0 Å². The van der Waals surface area contributed by atoms with E-state index >= 15 is 0 Å². The van der Waals surface area contributed by atoms with Crippen LogP contribution >= 0.6 is 11.6 Å². The highest BCUT2D eigenvalue weighted by Crippen LogP contribution is 2.30. The Balaban J connectivity index is 2.51. The van der Waals surface area contributed by atoms with Gasteiger partial charge in [-0.1, -0.05) is 6.07 Å². The van der Waals surface area contributed by atoms with Crippen molar-refractivity contribution in [3.8, 4) is 5.75 Å². The van der Waals surface area contributed by atoms with E-state index in [2.05, 4.69) is 29.6 Å². The molecule has 0 amide bonds. The molecule has 0 N–H and O–H groups in total. The quantitative estimate of drug-likeness (QED) is 0.766. The van der Waals surface area contributed by atoms with Crippen molar-refractivity contribution in [3.63, 3.8) is 0 Å². The Kier molecular flexibility index (Phi) is 4.89. The molecule has 0 spiro atoms. The minimum absolute atomic E-state index is 0.126. The maximum absolute atomic E-state index is 6.29. The molecular formula is C15H22ClN3O. The maximum atomic E-state index is 6.29. The zero-order valence-electron chi connectivity index (χ0n) is 12.6. The van der Waals surface area contributed by atoms with E-state index < -0.39 is 0 Å². The fraction of sp³-hybridized carbons (Fsp3) is 0.533. The minimum Gasteiger partial charge on any atom is -0.492 e. The van der Waals surface area contributed by atoms with E-state index in [0.29, 0.717) is 6.61 Å². The van der Waals surface area contributed by atoms with Gasteiger partial charge in [-0.05, 0) is 40.1 Å². The predicted molar refractivity (Wildman–Crippen MR) is 83.7 cm³/mol. The van der Waals surface area contributed by atoms with Crippen molar-refractivity contribution < 1.29 is 4.74 Å². The Morgan fingerprint density at radius 2 is 2.15 bits per heavy atom. The number of fused-ring (bicyclic) bond motifs is 1. The molecule has 4 nitrogen and oxygen atoms in total. The van der Waals surface area contributed by atoms with Crippen LogP contribution in [0.4, 0.5) is 0 Å². The lowest BCUT2D eigenvalue weighted by atomic mass is 10.3. The molecule has 5 heteroatoms. The highest BCUT2D eigenvalue weighted by atomic mass is 35.5. The summed E-state index contributed by atoms with van der Waals surface area (Å²) in [4.78, 5) is 6.85. The highest BCUT2D eigenvalue weighted by Gasteiger charge is 2.17. The number of ether oxygens (including phenoxy) is 1. The number of aromatic nitrogens is 2. The summed E-state index contributed by atoms with van der Waals surface area (Å²) in [5, 5.41) is -0.126. The Labute approximate surface area is 125 Å². The van der Waals surface area contributed by atoms with Crippen LogP contribution in [0.2, 0.25) is 0 Å². The average molecular weight is 296 g/mol. The molecule has 0 radical (unpaired) electrons. The molecule has 1 aromatic heterocycles. The molecule has 1 atom stereocenters. The second kappa shape index (κ2) is 6.46. The molecule has 1 unspecified atom stereocenters. The number of nitrogens with zero attached hydrogens (tertiary/aromatic N) is 3. The van der Waals surface area contributed by atoms with Crippen molar-refractivity contribution in [1.29, 1.82) is 0 Å². The van der Waals surface area contributed by atoms with Crippen molar-refractivity contribution in [2.45, 2.75) is 25.8 Å². The summed E-state index contributed by atoms with van der Waals surface area (Å²) in [6.45, 7) is 6.38. The first-order valence-electron chi connectivity index (χ1n) is 6.95. The molecule has 2 rings (SSSR count). The SMILES string of the molecule is CCOc1cccc2c1nc(C(C)Cl)n2CCN(C)C. The molecule has 20 heavy (non-hydrogen) atoms. The third-order valence-electron chi connectivity index (χ3n) is 3.20. The summed E-state index contributed by atoms with van der Waals surface area (Å²) in [6, 6.07) is 6.03. The van der Waals surface area contributed by atoms with Crippen LogP contribution in [0.3, 0.4) is 0 Å². The summed E-state index contributed by atoms with van der Waals surface area (Å²) >= 11 is 6.29. The van der Waals surface area contributed by atoms with Gasteiger partial charge in [0.05, 0.1) is 17.5 Å². The lowest BCUT2D eigenvalue weighted by Gasteiger charge is -2.14. The zero-order valence-corrected chi connectivity index (χ0v) is 13.3. The molecule has 2 aromatic rings. The first-order valence-corrected chi connectivity index (χ1v) is 7.39. The molecular weight excluding hydrogens is 274 g/mol. The first kappa shape index (κ1) is 15.1. The van der Waals surface area contributed by atoms with Crippen LogP contribution in [-0.4, -0.2) is 41.7 Å². The van der Waals surface area contributed by atoms with Crippen molar-refractivity contribution in [2.75, 3.05) is 27.2 Å². The molecule has 0 saturated heterocycles. The monoisotopic (exact) mass is 295 g/mol. The molecule has 0 fully saturated rings.